The number of nitrogens with one attached hydrogen (secondary N) is 1. The van der Waals surface area contributed by atoms with Gasteiger partial charge in [-0.2, -0.15) is 26.3 Å². The summed E-state index contributed by atoms with van der Waals surface area (Å²) in [7, 11) is 0. The number of carbonyl (C=O) groups is 1. The molecule has 1 N–H and O–H groups in total. The number of nitrogens with zero attached hydrogens (tertiary/aromatic N) is 4. The number of pyridine rings is 1. The Morgan fingerprint density at radius 2 is 1.78 bits per heavy atom. The van der Waals surface area contributed by atoms with Gasteiger partial charge in [0, 0.05) is 31.4 Å². The number of benzene rings is 1. The van der Waals surface area contributed by atoms with Crippen molar-refractivity contribution in [3.8, 4) is 11.6 Å². The minimum absolute atomic E-state index is 0.125. The van der Waals surface area contributed by atoms with Crippen LogP contribution in [0.1, 0.15) is 50.6 Å². The summed E-state index contributed by atoms with van der Waals surface area (Å²) < 4.78 is 102. The van der Waals surface area contributed by atoms with Crippen LogP contribution in [0.3, 0.4) is 0 Å². The van der Waals surface area contributed by atoms with Gasteiger partial charge in [-0.05, 0) is 19.4 Å². The van der Waals surface area contributed by atoms with Gasteiger partial charge in [-0.1, -0.05) is 49.1 Å². The molecule has 0 bridgehead atoms. The minimum Gasteiger partial charge on any atom is -0.458 e. The Morgan fingerprint density at radius 1 is 1.13 bits per heavy atom. The Bertz CT molecular complexity index is 1570. The van der Waals surface area contributed by atoms with Crippen LogP contribution < -0.4 is 5.32 Å². The Labute approximate surface area is 258 Å². The molecule has 3 aromatic rings. The molecule has 0 amide bonds. The highest BCUT2D eigenvalue weighted by atomic mass is 19.4. The molecular weight excluding hydrogens is 628 g/mol. The second-order valence-electron chi connectivity index (χ2n) is 10.6. The molecule has 0 saturated carbocycles. The molecule has 0 spiro atoms. The van der Waals surface area contributed by atoms with Crippen molar-refractivity contribution in [2.24, 2.45) is 0 Å². The maximum absolute atomic E-state index is 14.6. The fraction of sp³-hybridized carbons (Fsp3) is 0.379. The molecular formula is C29H29F6N5O6. The Morgan fingerprint density at radius 3 is 2.30 bits per heavy atom. The Kier molecular flexibility index (Phi) is 10.6. The molecule has 0 saturated heterocycles. The molecule has 3 rings (SSSR count). The molecule has 0 aliphatic heterocycles. The number of hydrogen-bond donors (Lipinski definition) is 1. The lowest BCUT2D eigenvalue weighted by atomic mass is 9.96. The monoisotopic (exact) mass is 657 g/mol. The maximum Gasteiger partial charge on any atom is 0.426 e. The number of aromatic nitrogens is 3. The molecule has 0 aliphatic rings. The number of nitro groups is 1. The van der Waals surface area contributed by atoms with E-state index in [0.29, 0.717) is 5.56 Å². The van der Waals surface area contributed by atoms with Gasteiger partial charge in [0.2, 0.25) is 11.3 Å². The second kappa shape index (κ2) is 13.7. The number of esters is 1. The molecule has 17 heteroatoms. The van der Waals surface area contributed by atoms with Gasteiger partial charge in [0.15, 0.2) is 0 Å². The van der Waals surface area contributed by atoms with E-state index in [1.165, 1.54) is 32.1 Å². The fourth-order valence-corrected chi connectivity index (χ4v) is 4.36. The zero-order chi connectivity index (χ0) is 34.5. The van der Waals surface area contributed by atoms with Gasteiger partial charge in [-0.15, -0.1) is 16.8 Å². The van der Waals surface area contributed by atoms with Gasteiger partial charge in [0.05, 0.1) is 11.5 Å². The molecule has 2 atom stereocenters. The normalized spacial score (nSPS) is 14.2. The van der Waals surface area contributed by atoms with Crippen LogP contribution in [0.4, 0.5) is 37.8 Å². The molecule has 2 aromatic heterocycles. The lowest BCUT2D eigenvalue weighted by Crippen LogP contribution is -2.45. The number of alkyl halides is 6. The van der Waals surface area contributed by atoms with Crippen LogP contribution in [0.15, 0.2) is 66.1 Å². The molecule has 1 aromatic carbocycles. The number of halogens is 6. The van der Waals surface area contributed by atoms with E-state index < -0.39 is 88.1 Å². The zero-order valence-corrected chi connectivity index (χ0v) is 24.7. The Balaban J connectivity index is 2.17. The van der Waals surface area contributed by atoms with E-state index in [1.54, 1.807) is 18.2 Å². The van der Waals surface area contributed by atoms with Crippen molar-refractivity contribution >= 4 is 17.5 Å². The number of hydrogen-bond acceptors (Lipinski definition) is 10. The standard InChI is InChI=1S/C29H29F6N5O6/c1-6-13-27(29(33,34)35,44-16-18-11-9-8-10-12-18)25-39-38-24(46-25)22-21(40(42)43)14-20(28(30,31)32)23(36-22)37-26(4,5)15-19(7-2)45-17(3)41/h6-12,14,19H,1-2,13,15-16H2,3-5H3,(H,36,37)/t19?,27-/m1/s1. The van der Waals surface area contributed by atoms with Crippen molar-refractivity contribution in [1.29, 1.82) is 0 Å². The van der Waals surface area contributed by atoms with E-state index in [9.17, 15) is 41.3 Å². The molecule has 1 unspecified atom stereocenters. The quantitative estimate of drug-likeness (QED) is 0.0617. The van der Waals surface area contributed by atoms with Crippen LogP contribution in [0, 0.1) is 10.1 Å². The van der Waals surface area contributed by atoms with Crippen molar-refractivity contribution in [3.05, 3.63) is 88.8 Å². The molecule has 0 aliphatic carbocycles. The van der Waals surface area contributed by atoms with Crippen LogP contribution in [0.5, 0.6) is 0 Å². The predicted octanol–water partition coefficient (Wildman–Crippen LogP) is 7.31. The molecule has 248 valence electrons. The van der Waals surface area contributed by atoms with Gasteiger partial charge >= 0.3 is 24.0 Å². The summed E-state index contributed by atoms with van der Waals surface area (Å²) in [5, 5.41) is 21.4. The lowest BCUT2D eigenvalue weighted by molar-refractivity contribution is -0.384. The smallest absolute Gasteiger partial charge is 0.426 e. The molecule has 0 fully saturated rings. The van der Waals surface area contributed by atoms with Crippen molar-refractivity contribution < 1.29 is 50.0 Å². The topological polar surface area (TPSA) is 143 Å². The van der Waals surface area contributed by atoms with Crippen molar-refractivity contribution in [3.63, 3.8) is 0 Å². The average Bonchev–Trinajstić information content (AvgIpc) is 3.43. The first-order chi connectivity index (χ1) is 21.3. The van der Waals surface area contributed by atoms with Gasteiger partial charge in [-0.3, -0.25) is 14.9 Å². The number of carbonyl (C=O) groups excluding carboxylic acids is 1. The predicted molar refractivity (Wildman–Crippen MR) is 151 cm³/mol. The van der Waals surface area contributed by atoms with E-state index in [1.807, 2.05) is 0 Å². The van der Waals surface area contributed by atoms with Gasteiger partial charge in [-0.25, -0.2) is 4.98 Å². The summed E-state index contributed by atoms with van der Waals surface area (Å²) in [5.41, 5.74) is -8.05. The third-order valence-corrected chi connectivity index (χ3v) is 6.44. The molecule has 2 heterocycles. The summed E-state index contributed by atoms with van der Waals surface area (Å²) in [5.74, 6) is -3.80. The highest BCUT2D eigenvalue weighted by molar-refractivity contribution is 5.68. The van der Waals surface area contributed by atoms with Crippen LogP contribution in [0.25, 0.3) is 11.6 Å². The van der Waals surface area contributed by atoms with E-state index in [2.05, 4.69) is 33.7 Å². The third-order valence-electron chi connectivity index (χ3n) is 6.44. The highest BCUT2D eigenvalue weighted by Crippen LogP contribution is 2.47. The lowest BCUT2D eigenvalue weighted by Gasteiger charge is -2.31. The maximum atomic E-state index is 14.6. The zero-order valence-electron chi connectivity index (χ0n) is 24.7. The Hall–Kier alpha value is -4.80. The summed E-state index contributed by atoms with van der Waals surface area (Å²) in [4.78, 5) is 25.8. The van der Waals surface area contributed by atoms with E-state index >= 15 is 0 Å². The highest BCUT2D eigenvalue weighted by Gasteiger charge is 2.61. The van der Waals surface area contributed by atoms with Gasteiger partial charge < -0.3 is 19.2 Å². The first-order valence-electron chi connectivity index (χ1n) is 13.4. The minimum atomic E-state index is -5.19. The van der Waals surface area contributed by atoms with Crippen LogP contribution in [0.2, 0.25) is 0 Å². The summed E-state index contributed by atoms with van der Waals surface area (Å²) in [6, 6.07) is 7.94. The third kappa shape index (κ3) is 8.26. The van der Waals surface area contributed by atoms with E-state index in [4.69, 9.17) is 13.9 Å². The first kappa shape index (κ1) is 35.7. The van der Waals surface area contributed by atoms with Crippen LogP contribution >= 0.6 is 0 Å². The van der Waals surface area contributed by atoms with Crippen molar-refractivity contribution in [2.45, 2.75) is 69.8 Å². The van der Waals surface area contributed by atoms with E-state index in [0.717, 1.165) is 13.0 Å². The number of ether oxygens (including phenoxy) is 2. The van der Waals surface area contributed by atoms with Crippen LogP contribution in [-0.4, -0.2) is 43.9 Å². The SMILES string of the molecule is C=CC[C@@](OCc1ccccc1)(c1nnc(-c2nc(NC(C)(C)CC(C=C)OC(C)=O)c(C(F)(F)F)cc2[N+](=O)[O-])o1)C(F)(F)F. The number of anilines is 1. The summed E-state index contributed by atoms with van der Waals surface area (Å²) in [6.07, 6.45) is -10.2. The number of rotatable bonds is 14. The summed E-state index contributed by atoms with van der Waals surface area (Å²) in [6.45, 7) is 10.3. The largest absolute Gasteiger partial charge is 0.458 e. The second-order valence-corrected chi connectivity index (χ2v) is 10.6. The van der Waals surface area contributed by atoms with Gasteiger partial charge in [0.1, 0.15) is 17.5 Å². The van der Waals surface area contributed by atoms with Gasteiger partial charge in [0.25, 0.3) is 11.8 Å². The van der Waals surface area contributed by atoms with Crippen molar-refractivity contribution in [1.82, 2.24) is 15.2 Å². The average molecular weight is 658 g/mol. The summed E-state index contributed by atoms with van der Waals surface area (Å²) >= 11 is 0. The molecule has 46 heavy (non-hydrogen) atoms. The van der Waals surface area contributed by atoms with Crippen LogP contribution in [-0.2, 0) is 32.7 Å². The molecule has 11 nitrogen and oxygen atoms in total. The van der Waals surface area contributed by atoms with E-state index in [-0.39, 0.29) is 12.5 Å². The van der Waals surface area contributed by atoms with Crippen molar-refractivity contribution in [2.75, 3.05) is 5.32 Å². The first-order valence-corrected chi connectivity index (χ1v) is 13.4. The molecule has 0 radical (unpaired) electrons. The fourth-order valence-electron chi connectivity index (χ4n) is 4.36.